The lowest BCUT2D eigenvalue weighted by Crippen LogP contribution is -2.14. The van der Waals surface area contributed by atoms with E-state index in [0.717, 1.165) is 0 Å². The van der Waals surface area contributed by atoms with E-state index in [1.54, 1.807) is 44.3 Å². The fourth-order valence-corrected chi connectivity index (χ4v) is 1.90. The number of pyridine rings is 1. The molecule has 0 unspecified atom stereocenters. The van der Waals surface area contributed by atoms with Crippen molar-refractivity contribution in [2.45, 2.75) is 13.8 Å². The van der Waals surface area contributed by atoms with Crippen LogP contribution in [0.1, 0.15) is 32.0 Å². The molecule has 0 radical (unpaired) electrons. The summed E-state index contributed by atoms with van der Waals surface area (Å²) in [5.41, 5.74) is 2.51. The second-order valence-electron chi connectivity index (χ2n) is 4.43. The van der Waals surface area contributed by atoms with Crippen LogP contribution in [0, 0.1) is 13.8 Å². The van der Waals surface area contributed by atoms with Gasteiger partial charge in [0, 0.05) is 17.6 Å². The molecule has 20 heavy (non-hydrogen) atoms. The molecule has 0 aliphatic carbocycles. The van der Waals surface area contributed by atoms with Crippen molar-refractivity contribution in [1.29, 1.82) is 0 Å². The first-order valence-electron chi connectivity index (χ1n) is 6.06. The number of aryl methyl sites for hydroxylation is 2. The molecule has 2 rings (SSSR count). The van der Waals surface area contributed by atoms with Crippen molar-refractivity contribution < 1.29 is 14.7 Å². The Balaban J connectivity index is 2.23. The SMILES string of the molecule is Cc1cc(NC(=O)c2cccnc2C)ccc1C(=O)O. The molecule has 0 atom stereocenters. The van der Waals surface area contributed by atoms with Gasteiger partial charge in [0.25, 0.3) is 5.91 Å². The summed E-state index contributed by atoms with van der Waals surface area (Å²) in [6.45, 7) is 3.45. The van der Waals surface area contributed by atoms with Gasteiger partial charge in [-0.2, -0.15) is 0 Å². The lowest BCUT2D eigenvalue weighted by Gasteiger charge is -2.09. The summed E-state index contributed by atoms with van der Waals surface area (Å²) in [7, 11) is 0. The predicted molar refractivity (Wildman–Crippen MR) is 75.1 cm³/mol. The summed E-state index contributed by atoms with van der Waals surface area (Å²) in [6, 6.07) is 8.06. The van der Waals surface area contributed by atoms with Gasteiger partial charge in [-0.25, -0.2) is 4.79 Å². The monoisotopic (exact) mass is 270 g/mol. The Kier molecular flexibility index (Phi) is 3.79. The van der Waals surface area contributed by atoms with Gasteiger partial charge in [-0.05, 0) is 49.7 Å². The molecule has 102 valence electrons. The van der Waals surface area contributed by atoms with E-state index in [9.17, 15) is 9.59 Å². The van der Waals surface area contributed by atoms with Gasteiger partial charge >= 0.3 is 5.97 Å². The second-order valence-corrected chi connectivity index (χ2v) is 4.43. The first-order chi connectivity index (χ1) is 9.49. The number of hydrogen-bond donors (Lipinski definition) is 2. The number of benzene rings is 1. The van der Waals surface area contributed by atoms with Gasteiger partial charge in [0.05, 0.1) is 11.1 Å². The minimum atomic E-state index is -0.983. The topological polar surface area (TPSA) is 79.3 Å². The van der Waals surface area contributed by atoms with Crippen LogP contribution in [0.3, 0.4) is 0 Å². The standard InChI is InChI=1S/C15H14N2O3/c1-9-8-11(5-6-12(9)15(19)20)17-14(18)13-4-3-7-16-10(13)2/h3-8H,1-2H3,(H,17,18)(H,19,20). The number of carbonyl (C=O) groups is 2. The molecular formula is C15H14N2O3. The van der Waals surface area contributed by atoms with Gasteiger partial charge < -0.3 is 10.4 Å². The van der Waals surface area contributed by atoms with E-state index in [1.807, 2.05) is 0 Å². The fraction of sp³-hybridized carbons (Fsp3) is 0.133. The average Bonchev–Trinajstić information content (AvgIpc) is 2.38. The van der Waals surface area contributed by atoms with Crippen molar-refractivity contribution in [3.05, 3.63) is 58.9 Å². The second kappa shape index (κ2) is 5.52. The highest BCUT2D eigenvalue weighted by Gasteiger charge is 2.11. The van der Waals surface area contributed by atoms with E-state index in [2.05, 4.69) is 10.3 Å². The lowest BCUT2D eigenvalue weighted by atomic mass is 10.1. The third kappa shape index (κ3) is 2.83. The largest absolute Gasteiger partial charge is 0.478 e. The minimum Gasteiger partial charge on any atom is -0.478 e. The van der Waals surface area contributed by atoms with Crippen LogP contribution in [0.25, 0.3) is 0 Å². The Morgan fingerprint density at radius 1 is 1.15 bits per heavy atom. The Morgan fingerprint density at radius 3 is 2.50 bits per heavy atom. The number of hydrogen-bond acceptors (Lipinski definition) is 3. The number of aromatic nitrogens is 1. The summed E-state index contributed by atoms with van der Waals surface area (Å²) in [4.78, 5) is 27.1. The molecule has 0 aliphatic rings. The number of rotatable bonds is 3. The van der Waals surface area contributed by atoms with Crippen molar-refractivity contribution in [3.8, 4) is 0 Å². The molecule has 1 heterocycles. The van der Waals surface area contributed by atoms with Crippen LogP contribution >= 0.6 is 0 Å². The Labute approximate surface area is 116 Å². The van der Waals surface area contributed by atoms with Gasteiger partial charge in [0.2, 0.25) is 0 Å². The highest BCUT2D eigenvalue weighted by Crippen LogP contribution is 2.16. The van der Waals surface area contributed by atoms with E-state index < -0.39 is 5.97 Å². The number of carboxylic acid groups (broad SMARTS) is 1. The molecule has 0 saturated carbocycles. The van der Waals surface area contributed by atoms with E-state index in [4.69, 9.17) is 5.11 Å². The third-order valence-corrected chi connectivity index (χ3v) is 2.97. The predicted octanol–water partition coefficient (Wildman–Crippen LogP) is 2.65. The molecule has 2 aromatic rings. The minimum absolute atomic E-state index is 0.223. The Hall–Kier alpha value is -2.69. The summed E-state index contributed by atoms with van der Waals surface area (Å²) in [6.07, 6.45) is 1.62. The van der Waals surface area contributed by atoms with Crippen LogP contribution in [0.5, 0.6) is 0 Å². The normalized spacial score (nSPS) is 10.1. The zero-order valence-electron chi connectivity index (χ0n) is 11.2. The Morgan fingerprint density at radius 2 is 1.90 bits per heavy atom. The van der Waals surface area contributed by atoms with E-state index in [-0.39, 0.29) is 11.5 Å². The summed E-state index contributed by atoms with van der Waals surface area (Å²) < 4.78 is 0. The fourth-order valence-electron chi connectivity index (χ4n) is 1.90. The molecular weight excluding hydrogens is 256 g/mol. The zero-order valence-corrected chi connectivity index (χ0v) is 11.2. The Bertz CT molecular complexity index is 681. The zero-order chi connectivity index (χ0) is 14.7. The van der Waals surface area contributed by atoms with Crippen LogP contribution in [0.2, 0.25) is 0 Å². The quantitative estimate of drug-likeness (QED) is 0.898. The van der Waals surface area contributed by atoms with Crippen LogP contribution in [0.15, 0.2) is 36.5 Å². The average molecular weight is 270 g/mol. The van der Waals surface area contributed by atoms with Crippen molar-refractivity contribution in [2.24, 2.45) is 0 Å². The molecule has 5 nitrogen and oxygen atoms in total. The number of carbonyl (C=O) groups excluding carboxylic acids is 1. The first-order valence-corrected chi connectivity index (χ1v) is 6.06. The highest BCUT2D eigenvalue weighted by molar-refractivity contribution is 6.05. The molecule has 1 aromatic heterocycles. The number of aromatic carboxylic acids is 1. The van der Waals surface area contributed by atoms with Crippen molar-refractivity contribution in [3.63, 3.8) is 0 Å². The summed E-state index contributed by atoms with van der Waals surface area (Å²) >= 11 is 0. The molecule has 5 heteroatoms. The van der Waals surface area contributed by atoms with E-state index in [0.29, 0.717) is 22.5 Å². The number of nitrogens with one attached hydrogen (secondary N) is 1. The van der Waals surface area contributed by atoms with Crippen molar-refractivity contribution in [1.82, 2.24) is 4.98 Å². The lowest BCUT2D eigenvalue weighted by molar-refractivity contribution is 0.0696. The van der Waals surface area contributed by atoms with Gasteiger partial charge in [-0.1, -0.05) is 0 Å². The number of nitrogens with zero attached hydrogens (tertiary/aromatic N) is 1. The van der Waals surface area contributed by atoms with Gasteiger partial charge in [0.1, 0.15) is 0 Å². The number of amides is 1. The molecule has 0 aliphatic heterocycles. The number of anilines is 1. The maximum atomic E-state index is 12.1. The smallest absolute Gasteiger partial charge is 0.335 e. The summed E-state index contributed by atoms with van der Waals surface area (Å²) in [5.74, 6) is -1.25. The van der Waals surface area contributed by atoms with Gasteiger partial charge in [0.15, 0.2) is 0 Å². The molecule has 0 fully saturated rings. The molecule has 1 aromatic carbocycles. The van der Waals surface area contributed by atoms with Crippen LogP contribution in [0.4, 0.5) is 5.69 Å². The van der Waals surface area contributed by atoms with Crippen LogP contribution in [-0.2, 0) is 0 Å². The maximum absolute atomic E-state index is 12.1. The van der Waals surface area contributed by atoms with Crippen LogP contribution in [-0.4, -0.2) is 22.0 Å². The highest BCUT2D eigenvalue weighted by atomic mass is 16.4. The van der Waals surface area contributed by atoms with E-state index in [1.165, 1.54) is 6.07 Å². The molecule has 0 saturated heterocycles. The molecule has 0 spiro atoms. The van der Waals surface area contributed by atoms with Crippen LogP contribution < -0.4 is 5.32 Å². The molecule has 0 bridgehead atoms. The maximum Gasteiger partial charge on any atom is 0.335 e. The third-order valence-electron chi connectivity index (χ3n) is 2.97. The van der Waals surface area contributed by atoms with Gasteiger partial charge in [-0.3, -0.25) is 9.78 Å². The molecule has 1 amide bonds. The van der Waals surface area contributed by atoms with Gasteiger partial charge in [-0.15, -0.1) is 0 Å². The number of carboxylic acids is 1. The molecule has 2 N–H and O–H groups in total. The summed E-state index contributed by atoms with van der Waals surface area (Å²) in [5, 5.41) is 11.7. The van der Waals surface area contributed by atoms with Crippen molar-refractivity contribution >= 4 is 17.6 Å². The van der Waals surface area contributed by atoms with E-state index >= 15 is 0 Å². The first kappa shape index (κ1) is 13.7. The van der Waals surface area contributed by atoms with Crippen molar-refractivity contribution in [2.75, 3.05) is 5.32 Å².